The van der Waals surface area contributed by atoms with Crippen molar-refractivity contribution in [3.8, 4) is 5.69 Å². The van der Waals surface area contributed by atoms with Crippen molar-refractivity contribution in [2.24, 2.45) is 0 Å². The van der Waals surface area contributed by atoms with Gasteiger partial charge in [0.25, 0.3) is 0 Å². The number of hydrogen-bond acceptors (Lipinski definition) is 5. The largest absolute Gasteiger partial charge is 0.367 e. The van der Waals surface area contributed by atoms with E-state index in [4.69, 9.17) is 11.6 Å². The van der Waals surface area contributed by atoms with Gasteiger partial charge in [-0.15, -0.1) is 10.2 Å². The van der Waals surface area contributed by atoms with Gasteiger partial charge in [0.1, 0.15) is 11.6 Å². The predicted octanol–water partition coefficient (Wildman–Crippen LogP) is 3.71. The van der Waals surface area contributed by atoms with Gasteiger partial charge in [-0.1, -0.05) is 17.7 Å². The summed E-state index contributed by atoms with van der Waals surface area (Å²) >= 11 is 6.02. The molecule has 1 N–H and O–H groups in total. The highest BCUT2D eigenvalue weighted by Gasteiger charge is 2.24. The van der Waals surface area contributed by atoms with Crippen molar-refractivity contribution in [3.05, 3.63) is 59.5 Å². The second-order valence-electron chi connectivity index (χ2n) is 6.48. The Morgan fingerprint density at radius 3 is 2.50 bits per heavy atom. The maximum Gasteiger partial charge on any atom is 0.231 e. The second kappa shape index (κ2) is 7.33. The standard InChI is InChI=1S/C19H21ClN6/c1-14-23-24-19(26(14)17-7-5-15(20)6-8-17)25-12-9-16(10-13-25)22-18-4-2-3-11-21-18/h2-8,11,16H,9-10,12-13H2,1H3,(H,21,22). The van der Waals surface area contributed by atoms with Crippen molar-refractivity contribution >= 4 is 23.4 Å². The number of nitrogens with one attached hydrogen (secondary N) is 1. The molecule has 0 amide bonds. The number of pyridine rings is 1. The third-order valence-electron chi connectivity index (χ3n) is 4.69. The average molecular weight is 369 g/mol. The summed E-state index contributed by atoms with van der Waals surface area (Å²) in [4.78, 5) is 6.65. The van der Waals surface area contributed by atoms with E-state index in [1.165, 1.54) is 0 Å². The zero-order valence-electron chi connectivity index (χ0n) is 14.6. The second-order valence-corrected chi connectivity index (χ2v) is 6.92. The van der Waals surface area contributed by atoms with Crippen LogP contribution in [0.15, 0.2) is 48.7 Å². The van der Waals surface area contributed by atoms with E-state index >= 15 is 0 Å². The molecular formula is C19H21ClN6. The smallest absolute Gasteiger partial charge is 0.231 e. The lowest BCUT2D eigenvalue weighted by molar-refractivity contribution is 0.516. The van der Waals surface area contributed by atoms with E-state index in [0.717, 1.165) is 54.2 Å². The molecule has 0 spiro atoms. The highest BCUT2D eigenvalue weighted by Crippen LogP contribution is 2.25. The molecule has 6 nitrogen and oxygen atoms in total. The van der Waals surface area contributed by atoms with Gasteiger partial charge in [0.2, 0.25) is 5.95 Å². The van der Waals surface area contributed by atoms with Crippen LogP contribution in [-0.4, -0.2) is 38.9 Å². The lowest BCUT2D eigenvalue weighted by atomic mass is 10.1. The van der Waals surface area contributed by atoms with E-state index in [0.29, 0.717) is 6.04 Å². The monoisotopic (exact) mass is 368 g/mol. The molecule has 3 heterocycles. The van der Waals surface area contributed by atoms with E-state index in [9.17, 15) is 0 Å². The third kappa shape index (κ3) is 3.51. The molecule has 26 heavy (non-hydrogen) atoms. The number of nitrogens with zero attached hydrogens (tertiary/aromatic N) is 5. The van der Waals surface area contributed by atoms with E-state index in [1.807, 2.05) is 55.6 Å². The summed E-state index contributed by atoms with van der Waals surface area (Å²) in [6, 6.07) is 14.1. The number of rotatable bonds is 4. The molecule has 0 unspecified atom stereocenters. The van der Waals surface area contributed by atoms with E-state index in [-0.39, 0.29) is 0 Å². The maximum atomic E-state index is 6.02. The first-order valence-electron chi connectivity index (χ1n) is 8.81. The van der Waals surface area contributed by atoms with Crippen molar-refractivity contribution in [1.82, 2.24) is 19.7 Å². The Kier molecular flexibility index (Phi) is 4.75. The Labute approximate surface area is 157 Å². The van der Waals surface area contributed by atoms with E-state index < -0.39 is 0 Å². The molecular weight excluding hydrogens is 348 g/mol. The Morgan fingerprint density at radius 1 is 1.04 bits per heavy atom. The van der Waals surface area contributed by atoms with E-state index in [1.54, 1.807) is 0 Å². The van der Waals surface area contributed by atoms with Gasteiger partial charge in [-0.05, 0) is 56.2 Å². The molecule has 0 atom stereocenters. The van der Waals surface area contributed by atoms with Crippen molar-refractivity contribution in [3.63, 3.8) is 0 Å². The summed E-state index contributed by atoms with van der Waals surface area (Å²) < 4.78 is 2.09. The Hall–Kier alpha value is -2.60. The molecule has 0 bridgehead atoms. The molecule has 4 rings (SSSR count). The molecule has 7 heteroatoms. The Balaban J connectivity index is 1.47. The molecule has 2 aromatic heterocycles. The van der Waals surface area contributed by atoms with Crippen LogP contribution in [0.3, 0.4) is 0 Å². The molecule has 1 fully saturated rings. The highest BCUT2D eigenvalue weighted by atomic mass is 35.5. The fourth-order valence-electron chi connectivity index (χ4n) is 3.33. The summed E-state index contributed by atoms with van der Waals surface area (Å²) in [6.45, 7) is 3.83. The van der Waals surface area contributed by atoms with Gasteiger partial charge in [0.15, 0.2) is 0 Å². The van der Waals surface area contributed by atoms with Gasteiger partial charge in [-0.3, -0.25) is 4.57 Å². The number of aryl methyl sites for hydroxylation is 1. The van der Waals surface area contributed by atoms with Crippen molar-refractivity contribution in [2.45, 2.75) is 25.8 Å². The summed E-state index contributed by atoms with van der Waals surface area (Å²) in [5.74, 6) is 2.70. The fourth-order valence-corrected chi connectivity index (χ4v) is 3.46. The normalized spacial score (nSPS) is 15.2. The first kappa shape index (κ1) is 16.8. The minimum Gasteiger partial charge on any atom is -0.367 e. The van der Waals surface area contributed by atoms with Crippen molar-refractivity contribution in [1.29, 1.82) is 0 Å². The summed E-state index contributed by atoms with van der Waals surface area (Å²) in [6.07, 6.45) is 3.88. The molecule has 134 valence electrons. The van der Waals surface area contributed by atoms with Gasteiger partial charge in [0, 0.05) is 30.4 Å². The van der Waals surface area contributed by atoms with Gasteiger partial charge < -0.3 is 10.2 Å². The van der Waals surface area contributed by atoms with Crippen LogP contribution in [0, 0.1) is 6.92 Å². The van der Waals surface area contributed by atoms with Crippen LogP contribution in [0.4, 0.5) is 11.8 Å². The van der Waals surface area contributed by atoms with Gasteiger partial charge in [0.05, 0.1) is 5.69 Å². The quantitative estimate of drug-likeness (QED) is 0.760. The minimum atomic E-state index is 0.425. The minimum absolute atomic E-state index is 0.425. The predicted molar refractivity (Wildman–Crippen MR) is 104 cm³/mol. The SMILES string of the molecule is Cc1nnc(N2CCC(Nc3ccccn3)CC2)n1-c1ccc(Cl)cc1. The van der Waals surface area contributed by atoms with Crippen LogP contribution in [0.5, 0.6) is 0 Å². The molecule has 3 aromatic rings. The van der Waals surface area contributed by atoms with Crippen LogP contribution < -0.4 is 10.2 Å². The summed E-state index contributed by atoms with van der Waals surface area (Å²) in [5.41, 5.74) is 1.03. The first-order valence-corrected chi connectivity index (χ1v) is 9.19. The molecule has 0 saturated carbocycles. The lowest BCUT2D eigenvalue weighted by Gasteiger charge is -2.33. The van der Waals surface area contributed by atoms with Crippen LogP contribution in [0.1, 0.15) is 18.7 Å². The summed E-state index contributed by atoms with van der Waals surface area (Å²) in [7, 11) is 0. The number of aromatic nitrogens is 4. The van der Waals surface area contributed by atoms with Crippen LogP contribution in [0.2, 0.25) is 5.02 Å². The van der Waals surface area contributed by atoms with Crippen LogP contribution >= 0.6 is 11.6 Å². The zero-order chi connectivity index (χ0) is 17.9. The van der Waals surface area contributed by atoms with Crippen LogP contribution in [0.25, 0.3) is 5.69 Å². The van der Waals surface area contributed by atoms with Crippen molar-refractivity contribution in [2.75, 3.05) is 23.3 Å². The number of benzene rings is 1. The first-order chi connectivity index (χ1) is 12.7. The fraction of sp³-hybridized carbons (Fsp3) is 0.316. The zero-order valence-corrected chi connectivity index (χ0v) is 15.4. The molecule has 1 aliphatic heterocycles. The molecule has 1 saturated heterocycles. The molecule has 1 aromatic carbocycles. The lowest BCUT2D eigenvalue weighted by Crippen LogP contribution is -2.40. The maximum absolute atomic E-state index is 6.02. The number of piperidine rings is 1. The number of hydrogen-bond donors (Lipinski definition) is 1. The highest BCUT2D eigenvalue weighted by molar-refractivity contribution is 6.30. The third-order valence-corrected chi connectivity index (χ3v) is 4.94. The number of halogens is 1. The van der Waals surface area contributed by atoms with Gasteiger partial charge in [-0.25, -0.2) is 4.98 Å². The molecule has 0 aliphatic carbocycles. The van der Waals surface area contributed by atoms with Gasteiger partial charge >= 0.3 is 0 Å². The van der Waals surface area contributed by atoms with Crippen molar-refractivity contribution < 1.29 is 0 Å². The Bertz CT molecular complexity index is 853. The number of anilines is 2. The van der Waals surface area contributed by atoms with Gasteiger partial charge in [-0.2, -0.15) is 0 Å². The van der Waals surface area contributed by atoms with Crippen LogP contribution in [-0.2, 0) is 0 Å². The average Bonchev–Trinajstić information content (AvgIpc) is 3.05. The molecule has 1 aliphatic rings. The van der Waals surface area contributed by atoms with E-state index in [2.05, 4.69) is 30.0 Å². The Morgan fingerprint density at radius 2 is 1.81 bits per heavy atom. The summed E-state index contributed by atoms with van der Waals surface area (Å²) in [5, 5.41) is 13.0. The topological polar surface area (TPSA) is 58.9 Å². The molecule has 0 radical (unpaired) electrons.